The van der Waals surface area contributed by atoms with E-state index in [0.717, 1.165) is 30.4 Å². The quantitative estimate of drug-likeness (QED) is 0.810. The maximum Gasteiger partial charge on any atom is 0.257 e. The molecule has 4 nitrogen and oxygen atoms in total. The smallest absolute Gasteiger partial charge is 0.257 e. The molecule has 1 unspecified atom stereocenters. The minimum Gasteiger partial charge on any atom is -0.335 e. The van der Waals surface area contributed by atoms with Crippen LogP contribution in [0, 0.1) is 0 Å². The third-order valence-electron chi connectivity index (χ3n) is 3.67. The van der Waals surface area contributed by atoms with Crippen molar-refractivity contribution in [3.05, 3.63) is 48.3 Å². The summed E-state index contributed by atoms with van der Waals surface area (Å²) in [6.45, 7) is 0.839. The van der Waals surface area contributed by atoms with Crippen LogP contribution < -0.4 is 0 Å². The summed E-state index contributed by atoms with van der Waals surface area (Å²) in [6, 6.07) is 10.1. The highest BCUT2D eigenvalue weighted by atomic mass is 79.9. The first-order valence-corrected chi connectivity index (χ1v) is 7.89. The highest BCUT2D eigenvalue weighted by Crippen LogP contribution is 2.21. The van der Waals surface area contributed by atoms with E-state index in [1.807, 2.05) is 35.2 Å². The third kappa shape index (κ3) is 2.50. The first kappa shape index (κ1) is 13.4. The van der Waals surface area contributed by atoms with Crippen LogP contribution in [0.1, 0.15) is 23.2 Å². The van der Waals surface area contributed by atoms with Crippen LogP contribution in [0.2, 0.25) is 0 Å². The van der Waals surface area contributed by atoms with Crippen LogP contribution in [0.25, 0.3) is 5.69 Å². The molecule has 104 valence electrons. The summed E-state index contributed by atoms with van der Waals surface area (Å²) in [5.74, 6) is 0.0779. The molecule has 0 radical (unpaired) electrons. The maximum absolute atomic E-state index is 12.5. The zero-order valence-electron chi connectivity index (χ0n) is 11.1. The molecule has 0 aliphatic carbocycles. The highest BCUT2D eigenvalue weighted by molar-refractivity contribution is 9.09. The molecule has 1 fully saturated rings. The van der Waals surface area contributed by atoms with Crippen molar-refractivity contribution in [2.75, 3.05) is 11.9 Å². The first-order valence-electron chi connectivity index (χ1n) is 6.76. The number of benzene rings is 1. The average molecular weight is 334 g/mol. The lowest BCUT2D eigenvalue weighted by Crippen LogP contribution is -2.36. The van der Waals surface area contributed by atoms with Crippen molar-refractivity contribution in [2.45, 2.75) is 18.9 Å². The summed E-state index contributed by atoms with van der Waals surface area (Å²) < 4.78 is 1.74. The van der Waals surface area contributed by atoms with Crippen LogP contribution in [0.3, 0.4) is 0 Å². The van der Waals surface area contributed by atoms with Crippen LogP contribution >= 0.6 is 15.9 Å². The number of hydrogen-bond donors (Lipinski definition) is 0. The maximum atomic E-state index is 12.5. The van der Waals surface area contributed by atoms with Crippen molar-refractivity contribution >= 4 is 21.8 Å². The van der Waals surface area contributed by atoms with Gasteiger partial charge in [0.15, 0.2) is 0 Å². The van der Waals surface area contributed by atoms with Crippen LogP contribution in [0.5, 0.6) is 0 Å². The molecule has 1 aromatic heterocycles. The van der Waals surface area contributed by atoms with Gasteiger partial charge in [0.1, 0.15) is 0 Å². The van der Waals surface area contributed by atoms with Gasteiger partial charge in [0.25, 0.3) is 5.91 Å². The molecule has 3 rings (SSSR count). The van der Waals surface area contributed by atoms with Gasteiger partial charge in [-0.05, 0) is 25.0 Å². The summed E-state index contributed by atoms with van der Waals surface area (Å²) in [5.41, 5.74) is 1.62. The average Bonchev–Trinajstić information content (AvgIpc) is 3.16. The number of likely N-dealkylation sites (tertiary alicyclic amines) is 1. The normalized spacial score (nSPS) is 18.4. The fourth-order valence-electron chi connectivity index (χ4n) is 2.58. The Balaban J connectivity index is 1.82. The molecule has 0 bridgehead atoms. The molecule has 20 heavy (non-hydrogen) atoms. The fourth-order valence-corrected chi connectivity index (χ4v) is 3.26. The first-order chi connectivity index (χ1) is 9.79. The lowest BCUT2D eigenvalue weighted by atomic mass is 10.2. The number of carbonyl (C=O) groups excluding carboxylic acids is 1. The van der Waals surface area contributed by atoms with Crippen molar-refractivity contribution in [3.63, 3.8) is 0 Å². The number of hydrogen-bond acceptors (Lipinski definition) is 2. The van der Waals surface area contributed by atoms with Gasteiger partial charge in [-0.25, -0.2) is 4.68 Å². The molecule has 1 aromatic carbocycles. The Bertz CT molecular complexity index is 596. The monoisotopic (exact) mass is 333 g/mol. The minimum absolute atomic E-state index is 0.0779. The summed E-state index contributed by atoms with van der Waals surface area (Å²) in [4.78, 5) is 14.5. The lowest BCUT2D eigenvalue weighted by Gasteiger charge is -2.22. The Hall–Kier alpha value is -1.62. The molecular weight excluding hydrogens is 318 g/mol. The van der Waals surface area contributed by atoms with Gasteiger partial charge in [0, 0.05) is 24.1 Å². The van der Waals surface area contributed by atoms with E-state index in [1.54, 1.807) is 17.1 Å². The molecule has 2 aromatic rings. The predicted molar refractivity (Wildman–Crippen MR) is 81.4 cm³/mol. The van der Waals surface area contributed by atoms with E-state index in [0.29, 0.717) is 11.6 Å². The van der Waals surface area contributed by atoms with Gasteiger partial charge in [0.05, 0.1) is 17.4 Å². The molecular formula is C15H16BrN3O. The number of nitrogens with zero attached hydrogens (tertiary/aromatic N) is 3. The topological polar surface area (TPSA) is 38.1 Å². The molecule has 1 aliphatic rings. The summed E-state index contributed by atoms with van der Waals surface area (Å²) >= 11 is 3.48. The molecule has 2 heterocycles. The van der Waals surface area contributed by atoms with Crippen LogP contribution in [0.4, 0.5) is 0 Å². The van der Waals surface area contributed by atoms with Gasteiger partial charge in [0.2, 0.25) is 0 Å². The van der Waals surface area contributed by atoms with Gasteiger partial charge in [-0.3, -0.25) is 4.79 Å². The Labute approximate surface area is 126 Å². The van der Waals surface area contributed by atoms with Crippen molar-refractivity contribution < 1.29 is 4.79 Å². The SMILES string of the molecule is O=C(c1cnn(-c2ccccc2)c1)N1CCCC1CBr. The van der Waals surface area contributed by atoms with Crippen LogP contribution in [-0.2, 0) is 0 Å². The van der Waals surface area contributed by atoms with Crippen molar-refractivity contribution in [2.24, 2.45) is 0 Å². The molecule has 1 aliphatic heterocycles. The van der Waals surface area contributed by atoms with E-state index >= 15 is 0 Å². The van der Waals surface area contributed by atoms with E-state index < -0.39 is 0 Å². The van der Waals surface area contributed by atoms with Crippen LogP contribution in [-0.4, -0.2) is 38.5 Å². The molecule has 1 saturated heterocycles. The zero-order chi connectivity index (χ0) is 13.9. The second-order valence-electron chi connectivity index (χ2n) is 4.96. The Kier molecular flexibility index (Phi) is 3.87. The van der Waals surface area contributed by atoms with E-state index in [2.05, 4.69) is 21.0 Å². The largest absolute Gasteiger partial charge is 0.335 e. The summed E-state index contributed by atoms with van der Waals surface area (Å²) in [5, 5.41) is 5.13. The molecule has 0 saturated carbocycles. The van der Waals surface area contributed by atoms with Crippen molar-refractivity contribution in [1.82, 2.24) is 14.7 Å². The minimum atomic E-state index is 0.0779. The number of aromatic nitrogens is 2. The zero-order valence-corrected chi connectivity index (χ0v) is 12.7. The second-order valence-corrected chi connectivity index (χ2v) is 5.61. The van der Waals surface area contributed by atoms with E-state index in [1.165, 1.54) is 0 Å². The molecule has 0 N–H and O–H groups in total. The standard InChI is InChI=1S/C15H16BrN3O/c16-9-14-7-4-8-18(14)15(20)12-10-17-19(11-12)13-5-2-1-3-6-13/h1-3,5-6,10-11,14H,4,7-9H2. The third-order valence-corrected chi connectivity index (χ3v) is 4.41. The van der Waals surface area contributed by atoms with Crippen LogP contribution in [0.15, 0.2) is 42.7 Å². The molecule has 1 atom stereocenters. The van der Waals surface area contributed by atoms with Gasteiger partial charge in [-0.15, -0.1) is 0 Å². The van der Waals surface area contributed by atoms with E-state index in [-0.39, 0.29) is 5.91 Å². The van der Waals surface area contributed by atoms with Crippen molar-refractivity contribution in [1.29, 1.82) is 0 Å². The predicted octanol–water partition coefficient (Wildman–Crippen LogP) is 2.87. The van der Waals surface area contributed by atoms with Gasteiger partial charge in [-0.1, -0.05) is 34.1 Å². The Morgan fingerprint density at radius 1 is 1.35 bits per heavy atom. The van der Waals surface area contributed by atoms with Gasteiger partial charge < -0.3 is 4.90 Å². The van der Waals surface area contributed by atoms with Gasteiger partial charge >= 0.3 is 0 Å². The number of halogens is 1. The lowest BCUT2D eigenvalue weighted by molar-refractivity contribution is 0.0750. The number of carbonyl (C=O) groups is 1. The Morgan fingerprint density at radius 2 is 2.15 bits per heavy atom. The molecule has 0 spiro atoms. The Morgan fingerprint density at radius 3 is 2.90 bits per heavy atom. The van der Waals surface area contributed by atoms with E-state index in [4.69, 9.17) is 0 Å². The van der Waals surface area contributed by atoms with Gasteiger partial charge in [-0.2, -0.15) is 5.10 Å². The molecule has 1 amide bonds. The summed E-state index contributed by atoms with van der Waals surface area (Å²) in [7, 11) is 0. The summed E-state index contributed by atoms with van der Waals surface area (Å²) in [6.07, 6.45) is 5.61. The molecule has 5 heteroatoms. The van der Waals surface area contributed by atoms with Crippen molar-refractivity contribution in [3.8, 4) is 5.69 Å². The number of amides is 1. The second kappa shape index (κ2) is 5.79. The number of para-hydroxylation sites is 1. The number of alkyl halides is 1. The highest BCUT2D eigenvalue weighted by Gasteiger charge is 2.29. The number of rotatable bonds is 3. The fraction of sp³-hybridized carbons (Fsp3) is 0.333. The van der Waals surface area contributed by atoms with E-state index in [9.17, 15) is 4.79 Å².